The monoisotopic (exact) mass is 370 g/mol. The van der Waals surface area contributed by atoms with Crippen LogP contribution >= 0.6 is 15.9 Å². The molecule has 1 N–H and O–H groups in total. The zero-order chi connectivity index (χ0) is 15.5. The number of aromatic nitrogens is 1. The second-order valence-corrected chi connectivity index (χ2v) is 7.36. The summed E-state index contributed by atoms with van der Waals surface area (Å²) in [5.74, 6) is 0. The van der Waals surface area contributed by atoms with Crippen molar-refractivity contribution in [2.45, 2.75) is 18.2 Å². The van der Waals surface area contributed by atoms with E-state index in [-0.39, 0.29) is 18.2 Å². The number of halogens is 1. The minimum atomic E-state index is -3.66. The van der Waals surface area contributed by atoms with Crippen molar-refractivity contribution in [3.63, 3.8) is 0 Å². The van der Waals surface area contributed by atoms with Crippen LogP contribution in [0.25, 0.3) is 0 Å². The molecule has 0 aliphatic carbocycles. The van der Waals surface area contributed by atoms with Crippen LogP contribution in [0.2, 0.25) is 0 Å². The van der Waals surface area contributed by atoms with Gasteiger partial charge in [-0.1, -0.05) is 40.2 Å². The van der Waals surface area contributed by atoms with E-state index in [2.05, 4.69) is 20.9 Å². The predicted molar refractivity (Wildman–Crippen MR) is 83.0 cm³/mol. The lowest BCUT2D eigenvalue weighted by atomic mass is 10.2. The van der Waals surface area contributed by atoms with Crippen molar-refractivity contribution in [1.29, 1.82) is 0 Å². The second kappa shape index (κ2) is 6.65. The minimum Gasteiger partial charge on any atom is -0.392 e. The molecule has 0 atom stereocenters. The summed E-state index contributed by atoms with van der Waals surface area (Å²) >= 11 is 3.40. The number of benzene rings is 1. The Morgan fingerprint density at radius 2 is 1.95 bits per heavy atom. The maximum Gasteiger partial charge on any atom is 0.260 e. The van der Waals surface area contributed by atoms with Gasteiger partial charge in [-0.05, 0) is 23.3 Å². The van der Waals surface area contributed by atoms with Gasteiger partial charge in [0.05, 0.1) is 6.61 Å². The maximum absolute atomic E-state index is 12.4. The Kier molecular flexibility index (Phi) is 5.10. The molecule has 0 amide bonds. The van der Waals surface area contributed by atoms with Crippen LogP contribution in [0.1, 0.15) is 11.1 Å². The first-order chi connectivity index (χ1) is 9.95. The maximum atomic E-state index is 12.4. The third-order valence-corrected chi connectivity index (χ3v) is 5.50. The fourth-order valence-corrected chi connectivity index (χ4v) is 3.23. The minimum absolute atomic E-state index is 0.0331. The summed E-state index contributed by atoms with van der Waals surface area (Å²) in [5.41, 5.74) is 1.44. The largest absolute Gasteiger partial charge is 0.392 e. The van der Waals surface area contributed by atoms with Crippen molar-refractivity contribution >= 4 is 26.0 Å². The summed E-state index contributed by atoms with van der Waals surface area (Å²) in [6, 6.07) is 10.4. The molecule has 2 aromatic rings. The van der Waals surface area contributed by atoms with Crippen molar-refractivity contribution in [1.82, 2.24) is 9.29 Å². The number of aliphatic hydroxyl groups is 1. The number of nitrogens with zero attached hydrogens (tertiary/aromatic N) is 2. The van der Waals surface area contributed by atoms with Crippen molar-refractivity contribution in [3.8, 4) is 0 Å². The van der Waals surface area contributed by atoms with E-state index in [4.69, 9.17) is 5.11 Å². The summed E-state index contributed by atoms with van der Waals surface area (Å²) in [6.07, 6.45) is 1.36. The highest BCUT2D eigenvalue weighted by molar-refractivity contribution is 9.10. The normalized spacial score (nSPS) is 11.8. The van der Waals surface area contributed by atoms with Crippen molar-refractivity contribution in [2.75, 3.05) is 7.05 Å². The Hall–Kier alpha value is -1.28. The third kappa shape index (κ3) is 3.68. The molecule has 7 heteroatoms. The van der Waals surface area contributed by atoms with E-state index in [1.165, 1.54) is 23.6 Å². The average molecular weight is 371 g/mol. The molecule has 21 heavy (non-hydrogen) atoms. The number of pyridine rings is 1. The molecule has 0 radical (unpaired) electrons. The van der Waals surface area contributed by atoms with Crippen molar-refractivity contribution in [2.24, 2.45) is 0 Å². The molecule has 1 aromatic carbocycles. The molecule has 112 valence electrons. The Bertz CT molecular complexity index is 717. The number of rotatable bonds is 5. The standard InChI is InChI=1S/C14H15BrN2O3S/c1-17(9-12-4-2-3-5-13(12)15)21(19,20)14-7-6-11(10-18)8-16-14/h2-8,18H,9-10H2,1H3. The zero-order valence-electron chi connectivity index (χ0n) is 11.4. The van der Waals surface area contributed by atoms with Gasteiger partial charge in [0.25, 0.3) is 10.0 Å². The lowest BCUT2D eigenvalue weighted by Gasteiger charge is -2.17. The molecule has 0 aliphatic heterocycles. The first-order valence-electron chi connectivity index (χ1n) is 6.20. The first kappa shape index (κ1) is 16.1. The lowest BCUT2D eigenvalue weighted by Crippen LogP contribution is -2.27. The van der Waals surface area contributed by atoms with Crippen LogP contribution in [-0.4, -0.2) is 29.9 Å². The van der Waals surface area contributed by atoms with E-state index >= 15 is 0 Å². The molecule has 0 saturated heterocycles. The van der Waals surface area contributed by atoms with E-state index in [9.17, 15) is 8.42 Å². The molecule has 0 aliphatic rings. The number of aliphatic hydroxyl groups excluding tert-OH is 1. The molecule has 2 rings (SSSR count). The summed E-state index contributed by atoms with van der Waals surface area (Å²) in [5, 5.41) is 8.93. The van der Waals surface area contributed by atoms with Gasteiger partial charge in [-0.25, -0.2) is 13.4 Å². The molecule has 1 heterocycles. The lowest BCUT2D eigenvalue weighted by molar-refractivity contribution is 0.281. The highest BCUT2D eigenvalue weighted by Crippen LogP contribution is 2.20. The summed E-state index contributed by atoms with van der Waals surface area (Å²) in [7, 11) is -2.15. The molecule has 0 saturated carbocycles. The molecule has 0 spiro atoms. The highest BCUT2D eigenvalue weighted by atomic mass is 79.9. The van der Waals surface area contributed by atoms with Gasteiger partial charge in [0.2, 0.25) is 0 Å². The molecular weight excluding hydrogens is 356 g/mol. The smallest absolute Gasteiger partial charge is 0.260 e. The molecule has 1 aromatic heterocycles. The van der Waals surface area contributed by atoms with Crippen LogP contribution in [0.4, 0.5) is 0 Å². The topological polar surface area (TPSA) is 70.5 Å². The van der Waals surface area contributed by atoms with E-state index in [1.807, 2.05) is 24.3 Å². The van der Waals surface area contributed by atoms with Gasteiger partial charge in [-0.3, -0.25) is 0 Å². The van der Waals surface area contributed by atoms with E-state index in [1.54, 1.807) is 6.07 Å². The predicted octanol–water partition coefficient (Wildman–Crippen LogP) is 2.16. The van der Waals surface area contributed by atoms with Crippen LogP contribution in [-0.2, 0) is 23.2 Å². The molecule has 0 bridgehead atoms. The molecule has 0 fully saturated rings. The molecule has 0 unspecified atom stereocenters. The zero-order valence-corrected chi connectivity index (χ0v) is 13.8. The first-order valence-corrected chi connectivity index (χ1v) is 8.44. The molecular formula is C14H15BrN2O3S. The highest BCUT2D eigenvalue weighted by Gasteiger charge is 2.22. The fourth-order valence-electron chi connectivity index (χ4n) is 1.77. The van der Waals surface area contributed by atoms with Gasteiger partial charge in [-0.15, -0.1) is 0 Å². The Balaban J connectivity index is 2.24. The van der Waals surface area contributed by atoms with Gasteiger partial charge in [-0.2, -0.15) is 4.31 Å². The fraction of sp³-hybridized carbons (Fsp3) is 0.214. The quantitative estimate of drug-likeness (QED) is 0.875. The summed E-state index contributed by atoms with van der Waals surface area (Å²) < 4.78 is 27.0. The average Bonchev–Trinajstić information content (AvgIpc) is 2.49. The molecule has 5 nitrogen and oxygen atoms in total. The second-order valence-electron chi connectivity index (χ2n) is 4.52. The van der Waals surface area contributed by atoms with E-state index in [0.717, 1.165) is 10.0 Å². The van der Waals surface area contributed by atoms with Crippen LogP contribution in [0.5, 0.6) is 0 Å². The van der Waals surface area contributed by atoms with E-state index < -0.39 is 10.0 Å². The number of hydrogen-bond acceptors (Lipinski definition) is 4. The van der Waals surface area contributed by atoms with Gasteiger partial charge < -0.3 is 5.11 Å². The van der Waals surface area contributed by atoms with Gasteiger partial charge in [0.1, 0.15) is 0 Å². The van der Waals surface area contributed by atoms with E-state index in [0.29, 0.717) is 5.56 Å². The van der Waals surface area contributed by atoms with Crippen molar-refractivity contribution < 1.29 is 13.5 Å². The van der Waals surface area contributed by atoms with Gasteiger partial charge in [0.15, 0.2) is 5.03 Å². The van der Waals surface area contributed by atoms with Crippen molar-refractivity contribution in [3.05, 3.63) is 58.2 Å². The summed E-state index contributed by atoms with van der Waals surface area (Å²) in [4.78, 5) is 3.90. The summed E-state index contributed by atoms with van der Waals surface area (Å²) in [6.45, 7) is 0.0767. The van der Waals surface area contributed by atoms with Gasteiger partial charge >= 0.3 is 0 Å². The Labute approximate surface area is 132 Å². The van der Waals surface area contributed by atoms with Crippen LogP contribution in [0, 0.1) is 0 Å². The van der Waals surface area contributed by atoms with Crippen LogP contribution in [0.15, 0.2) is 52.1 Å². The third-order valence-electron chi connectivity index (χ3n) is 3.01. The number of sulfonamides is 1. The van der Waals surface area contributed by atoms with Crippen LogP contribution < -0.4 is 0 Å². The number of hydrogen-bond donors (Lipinski definition) is 1. The SMILES string of the molecule is CN(Cc1ccccc1Br)S(=O)(=O)c1ccc(CO)cn1. The van der Waals surface area contributed by atoms with Crippen LogP contribution in [0.3, 0.4) is 0 Å². The Morgan fingerprint density at radius 3 is 2.52 bits per heavy atom. The Morgan fingerprint density at radius 1 is 1.24 bits per heavy atom. The van der Waals surface area contributed by atoms with Gasteiger partial charge in [0, 0.05) is 24.3 Å².